The number of halogens is 2. The average molecular weight is 432 g/mol. The molecule has 9 heteroatoms. The van der Waals surface area contributed by atoms with Gasteiger partial charge in [0.1, 0.15) is 11.6 Å². The van der Waals surface area contributed by atoms with Gasteiger partial charge in [0.2, 0.25) is 5.13 Å². The second-order valence-corrected chi connectivity index (χ2v) is 7.85. The van der Waals surface area contributed by atoms with Gasteiger partial charge in [0.05, 0.1) is 5.69 Å². The number of nitrogens with one attached hydrogen (secondary N) is 1. The molecule has 3 aromatic rings. The van der Waals surface area contributed by atoms with Gasteiger partial charge < -0.3 is 15.1 Å². The van der Waals surface area contributed by atoms with Crippen molar-refractivity contribution in [2.75, 3.05) is 36.4 Å². The van der Waals surface area contributed by atoms with Gasteiger partial charge in [-0.25, -0.2) is 14.2 Å². The predicted octanol–water partition coefficient (Wildman–Crippen LogP) is 4.28. The molecule has 150 valence electrons. The van der Waals surface area contributed by atoms with Gasteiger partial charge in [0, 0.05) is 49.2 Å². The highest BCUT2D eigenvalue weighted by atomic mass is 35.5. The van der Waals surface area contributed by atoms with Crippen molar-refractivity contribution in [3.8, 4) is 0 Å². The SMILES string of the molecule is O=C(Nc1ccccc1F)N1CCN(c2nc(Cc3ccc(Cl)cc3)ns2)CC1. The third-order valence-corrected chi connectivity index (χ3v) is 5.75. The number of aromatic nitrogens is 2. The summed E-state index contributed by atoms with van der Waals surface area (Å²) in [5.41, 5.74) is 1.30. The second kappa shape index (κ2) is 8.75. The molecule has 0 radical (unpaired) electrons. The number of para-hydroxylation sites is 1. The van der Waals surface area contributed by atoms with Gasteiger partial charge in [0.25, 0.3) is 0 Å². The molecule has 4 rings (SSSR count). The molecule has 6 nitrogen and oxygen atoms in total. The second-order valence-electron chi connectivity index (χ2n) is 6.68. The zero-order valence-corrected chi connectivity index (χ0v) is 17.1. The summed E-state index contributed by atoms with van der Waals surface area (Å²) in [7, 11) is 0. The molecule has 2 aromatic carbocycles. The Morgan fingerprint density at radius 1 is 1.10 bits per heavy atom. The van der Waals surface area contributed by atoms with Crippen molar-refractivity contribution in [3.63, 3.8) is 0 Å². The molecule has 0 bridgehead atoms. The topological polar surface area (TPSA) is 61.4 Å². The monoisotopic (exact) mass is 431 g/mol. The third-order valence-electron chi connectivity index (χ3n) is 4.69. The number of carbonyl (C=O) groups excluding carboxylic acids is 1. The number of nitrogens with zero attached hydrogens (tertiary/aromatic N) is 4. The first-order valence-electron chi connectivity index (χ1n) is 9.21. The van der Waals surface area contributed by atoms with Crippen LogP contribution in [0, 0.1) is 5.82 Å². The molecule has 0 aliphatic carbocycles. The highest BCUT2D eigenvalue weighted by Gasteiger charge is 2.23. The molecule has 1 aliphatic rings. The fourth-order valence-corrected chi connectivity index (χ4v) is 3.95. The van der Waals surface area contributed by atoms with Crippen LogP contribution in [0.15, 0.2) is 48.5 Å². The molecular weight excluding hydrogens is 413 g/mol. The maximum Gasteiger partial charge on any atom is 0.322 e. The average Bonchev–Trinajstić information content (AvgIpc) is 3.20. The number of rotatable bonds is 4. The van der Waals surface area contributed by atoms with Crippen LogP contribution < -0.4 is 10.2 Å². The Labute approximate surface area is 177 Å². The van der Waals surface area contributed by atoms with Gasteiger partial charge >= 0.3 is 6.03 Å². The standard InChI is InChI=1S/C20H19ClFN5OS/c21-15-7-5-14(6-8-15)13-18-24-20(29-25-18)27-11-9-26(10-12-27)19(28)23-17-4-2-1-3-16(17)22/h1-8H,9-13H2,(H,23,28). The molecule has 1 aliphatic heterocycles. The summed E-state index contributed by atoms with van der Waals surface area (Å²) in [6, 6.07) is 13.5. The zero-order chi connectivity index (χ0) is 20.2. The minimum atomic E-state index is -0.443. The first-order chi connectivity index (χ1) is 14.1. The highest BCUT2D eigenvalue weighted by molar-refractivity contribution is 7.09. The molecule has 1 fully saturated rings. The summed E-state index contributed by atoms with van der Waals surface area (Å²) in [5.74, 6) is 0.327. The Hall–Kier alpha value is -2.71. The van der Waals surface area contributed by atoms with Crippen LogP contribution in [-0.2, 0) is 6.42 Å². The van der Waals surface area contributed by atoms with Gasteiger partial charge in [0.15, 0.2) is 0 Å². The van der Waals surface area contributed by atoms with E-state index in [0.29, 0.717) is 37.6 Å². The summed E-state index contributed by atoms with van der Waals surface area (Å²) < 4.78 is 18.2. The molecule has 0 spiro atoms. The molecule has 0 unspecified atom stereocenters. The van der Waals surface area contributed by atoms with E-state index in [4.69, 9.17) is 11.6 Å². The lowest BCUT2D eigenvalue weighted by molar-refractivity contribution is 0.208. The number of hydrogen-bond acceptors (Lipinski definition) is 5. The van der Waals surface area contributed by atoms with Gasteiger partial charge in [-0.3, -0.25) is 0 Å². The quantitative estimate of drug-likeness (QED) is 0.670. The predicted molar refractivity (Wildman–Crippen MR) is 113 cm³/mol. The van der Waals surface area contributed by atoms with E-state index in [1.165, 1.54) is 17.6 Å². The smallest absolute Gasteiger partial charge is 0.322 e. The normalized spacial score (nSPS) is 14.1. The highest BCUT2D eigenvalue weighted by Crippen LogP contribution is 2.21. The summed E-state index contributed by atoms with van der Waals surface area (Å²) >= 11 is 7.28. The summed E-state index contributed by atoms with van der Waals surface area (Å²) in [4.78, 5) is 20.8. The largest absolute Gasteiger partial charge is 0.343 e. The van der Waals surface area contributed by atoms with E-state index >= 15 is 0 Å². The number of hydrogen-bond donors (Lipinski definition) is 1. The molecule has 1 N–H and O–H groups in total. The van der Waals surface area contributed by atoms with Crippen molar-refractivity contribution in [1.82, 2.24) is 14.3 Å². The van der Waals surface area contributed by atoms with Crippen LogP contribution in [0.4, 0.5) is 20.0 Å². The molecule has 1 saturated heterocycles. The van der Waals surface area contributed by atoms with E-state index in [1.807, 2.05) is 24.3 Å². The van der Waals surface area contributed by atoms with Crippen LogP contribution in [0.25, 0.3) is 0 Å². The Morgan fingerprint density at radius 2 is 1.83 bits per heavy atom. The molecule has 2 heterocycles. The first-order valence-corrected chi connectivity index (χ1v) is 10.4. The molecular formula is C20H19ClFN5OS. The maximum atomic E-state index is 13.7. The van der Waals surface area contributed by atoms with Gasteiger partial charge in [-0.2, -0.15) is 4.37 Å². The Kier molecular flexibility index (Phi) is 5.92. The number of benzene rings is 2. The van der Waals surface area contributed by atoms with Crippen LogP contribution in [0.2, 0.25) is 5.02 Å². The lowest BCUT2D eigenvalue weighted by Gasteiger charge is -2.34. The number of urea groups is 1. The van der Waals surface area contributed by atoms with Gasteiger partial charge in [-0.15, -0.1) is 0 Å². The van der Waals surface area contributed by atoms with E-state index in [0.717, 1.165) is 16.5 Å². The number of amides is 2. The Morgan fingerprint density at radius 3 is 2.55 bits per heavy atom. The molecule has 0 atom stereocenters. The fraction of sp³-hybridized carbons (Fsp3) is 0.250. The molecule has 2 amide bonds. The maximum absolute atomic E-state index is 13.7. The molecule has 0 saturated carbocycles. The molecule has 1 aromatic heterocycles. The van der Waals surface area contributed by atoms with Crippen LogP contribution in [0.3, 0.4) is 0 Å². The lowest BCUT2D eigenvalue weighted by atomic mass is 10.1. The van der Waals surface area contributed by atoms with Crippen LogP contribution >= 0.6 is 23.1 Å². The molecule has 29 heavy (non-hydrogen) atoms. The van der Waals surface area contributed by atoms with Crippen molar-refractivity contribution >= 4 is 40.0 Å². The van der Waals surface area contributed by atoms with E-state index in [-0.39, 0.29) is 11.7 Å². The number of piperazine rings is 1. The van der Waals surface area contributed by atoms with Crippen LogP contribution in [0.1, 0.15) is 11.4 Å². The van der Waals surface area contributed by atoms with E-state index in [2.05, 4.69) is 19.6 Å². The van der Waals surface area contributed by atoms with Crippen LogP contribution in [0.5, 0.6) is 0 Å². The zero-order valence-electron chi connectivity index (χ0n) is 15.5. The van der Waals surface area contributed by atoms with Crippen molar-refractivity contribution in [2.24, 2.45) is 0 Å². The third kappa shape index (κ3) is 4.83. The Bertz CT molecular complexity index is 989. The van der Waals surface area contributed by atoms with Crippen molar-refractivity contribution in [3.05, 3.63) is 70.8 Å². The van der Waals surface area contributed by atoms with E-state index < -0.39 is 5.82 Å². The number of carbonyl (C=O) groups is 1. The minimum absolute atomic E-state index is 0.191. The fourth-order valence-electron chi connectivity index (χ4n) is 3.09. The van der Waals surface area contributed by atoms with Crippen LogP contribution in [-0.4, -0.2) is 46.5 Å². The van der Waals surface area contributed by atoms with Gasteiger partial charge in [-0.05, 0) is 29.8 Å². The summed E-state index contributed by atoms with van der Waals surface area (Å²) in [6.45, 7) is 2.37. The van der Waals surface area contributed by atoms with Crippen molar-refractivity contribution < 1.29 is 9.18 Å². The van der Waals surface area contributed by atoms with Crippen molar-refractivity contribution in [2.45, 2.75) is 6.42 Å². The first kappa shape index (κ1) is 19.6. The number of anilines is 2. The minimum Gasteiger partial charge on any atom is -0.343 e. The Balaban J connectivity index is 1.31. The summed E-state index contributed by atoms with van der Waals surface area (Å²) in [6.07, 6.45) is 0.651. The van der Waals surface area contributed by atoms with Crippen molar-refractivity contribution in [1.29, 1.82) is 0 Å². The lowest BCUT2D eigenvalue weighted by Crippen LogP contribution is -2.50. The van der Waals surface area contributed by atoms with E-state index in [1.54, 1.807) is 23.1 Å². The van der Waals surface area contributed by atoms with Gasteiger partial charge in [-0.1, -0.05) is 35.9 Å². The summed E-state index contributed by atoms with van der Waals surface area (Å²) in [5, 5.41) is 4.18. The van der Waals surface area contributed by atoms with E-state index in [9.17, 15) is 9.18 Å².